The molecule has 0 heterocycles. The number of carboxylic acid groups (broad SMARTS) is 1. The number of hydrogen-bond acceptors (Lipinski definition) is 6. The molecule has 1 aromatic rings. The van der Waals surface area contributed by atoms with Gasteiger partial charge in [0, 0.05) is 25.6 Å². The van der Waals surface area contributed by atoms with Crippen molar-refractivity contribution in [2.24, 2.45) is 0 Å². The standard InChI is InChI=1S/C18H25N3O7/c1-11(20(5)17(25)28-18(2,3)4)15(22)19-14(16(23)24)10-12-6-8-13(9-7-12)21(26)27/h6-9,11,14H,10H2,1-5H3,(H,19,22)(H,23,24). The number of rotatable bonds is 7. The lowest BCUT2D eigenvalue weighted by atomic mass is 10.1. The predicted octanol–water partition coefficient (Wildman–Crippen LogP) is 1.96. The SMILES string of the molecule is CC(C(=O)NC(Cc1ccc([N+](=O)[O-])cc1)C(=O)O)N(C)C(=O)OC(C)(C)C. The summed E-state index contributed by atoms with van der Waals surface area (Å²) in [6.45, 7) is 6.51. The van der Waals surface area contributed by atoms with Crippen LogP contribution in [0, 0.1) is 10.1 Å². The van der Waals surface area contributed by atoms with Gasteiger partial charge in [-0.15, -0.1) is 0 Å². The molecule has 154 valence electrons. The lowest BCUT2D eigenvalue weighted by molar-refractivity contribution is -0.384. The number of non-ortho nitro benzene ring substituents is 1. The number of amides is 2. The highest BCUT2D eigenvalue weighted by atomic mass is 16.6. The third kappa shape index (κ3) is 6.86. The van der Waals surface area contributed by atoms with E-state index in [4.69, 9.17) is 4.74 Å². The first-order valence-electron chi connectivity index (χ1n) is 8.54. The lowest BCUT2D eigenvalue weighted by Crippen LogP contribution is -2.52. The monoisotopic (exact) mass is 395 g/mol. The molecule has 1 rings (SSSR count). The number of nitro groups is 1. The molecule has 0 aliphatic rings. The fraction of sp³-hybridized carbons (Fsp3) is 0.500. The normalized spacial score (nSPS) is 13.2. The molecule has 0 fully saturated rings. The van der Waals surface area contributed by atoms with Crippen LogP contribution >= 0.6 is 0 Å². The molecule has 2 atom stereocenters. The second-order valence-electron chi connectivity index (χ2n) is 7.29. The Kier molecular flexibility index (Phi) is 7.48. The van der Waals surface area contributed by atoms with Gasteiger partial charge in [0.1, 0.15) is 17.7 Å². The Morgan fingerprint density at radius 2 is 1.79 bits per heavy atom. The first kappa shape index (κ1) is 22.9. The molecule has 0 bridgehead atoms. The molecule has 0 spiro atoms. The van der Waals surface area contributed by atoms with Crippen LogP contribution in [0.15, 0.2) is 24.3 Å². The number of carboxylic acids is 1. The van der Waals surface area contributed by atoms with E-state index in [1.54, 1.807) is 20.8 Å². The number of benzene rings is 1. The van der Waals surface area contributed by atoms with Gasteiger partial charge in [-0.05, 0) is 33.3 Å². The molecule has 2 amide bonds. The number of likely N-dealkylation sites (N-methyl/N-ethyl adjacent to an activating group) is 1. The van der Waals surface area contributed by atoms with Crippen molar-refractivity contribution in [1.29, 1.82) is 0 Å². The Bertz CT molecular complexity index is 741. The van der Waals surface area contributed by atoms with Gasteiger partial charge >= 0.3 is 12.1 Å². The van der Waals surface area contributed by atoms with Gasteiger partial charge in [0.05, 0.1) is 4.92 Å². The minimum absolute atomic E-state index is 0.0675. The van der Waals surface area contributed by atoms with Gasteiger partial charge in [-0.1, -0.05) is 12.1 Å². The molecule has 10 heteroatoms. The van der Waals surface area contributed by atoms with E-state index in [1.807, 2.05) is 0 Å². The molecule has 0 aliphatic carbocycles. The molecular weight excluding hydrogens is 370 g/mol. The summed E-state index contributed by atoms with van der Waals surface area (Å²) < 4.78 is 5.19. The zero-order chi connectivity index (χ0) is 21.6. The number of hydrogen-bond donors (Lipinski definition) is 2. The second kappa shape index (κ2) is 9.16. The summed E-state index contributed by atoms with van der Waals surface area (Å²) in [6, 6.07) is 3.15. The average Bonchev–Trinajstić information content (AvgIpc) is 2.58. The van der Waals surface area contributed by atoms with Crippen LogP contribution in [0.2, 0.25) is 0 Å². The maximum atomic E-state index is 12.4. The number of nitro benzene ring substituents is 1. The third-order valence-electron chi connectivity index (χ3n) is 3.84. The largest absolute Gasteiger partial charge is 0.480 e. The van der Waals surface area contributed by atoms with Crippen molar-refractivity contribution in [3.05, 3.63) is 39.9 Å². The lowest BCUT2D eigenvalue weighted by Gasteiger charge is -2.28. The number of nitrogens with zero attached hydrogens (tertiary/aromatic N) is 2. The Morgan fingerprint density at radius 3 is 2.21 bits per heavy atom. The van der Waals surface area contributed by atoms with Gasteiger partial charge in [-0.3, -0.25) is 19.8 Å². The highest BCUT2D eigenvalue weighted by molar-refractivity contribution is 5.89. The fourth-order valence-electron chi connectivity index (χ4n) is 2.15. The summed E-state index contributed by atoms with van der Waals surface area (Å²) in [5.74, 6) is -1.93. The maximum absolute atomic E-state index is 12.4. The predicted molar refractivity (Wildman–Crippen MR) is 99.8 cm³/mol. The molecule has 28 heavy (non-hydrogen) atoms. The number of carbonyl (C=O) groups is 3. The van der Waals surface area contributed by atoms with E-state index < -0.39 is 40.6 Å². The van der Waals surface area contributed by atoms with Gasteiger partial charge in [0.2, 0.25) is 5.91 Å². The zero-order valence-electron chi connectivity index (χ0n) is 16.5. The molecule has 0 saturated heterocycles. The van der Waals surface area contributed by atoms with Crippen LogP contribution in [0.25, 0.3) is 0 Å². The molecule has 1 aromatic carbocycles. The van der Waals surface area contributed by atoms with Crippen molar-refractivity contribution < 1.29 is 29.2 Å². The van der Waals surface area contributed by atoms with E-state index in [1.165, 1.54) is 38.2 Å². The van der Waals surface area contributed by atoms with Crippen molar-refractivity contribution in [2.75, 3.05) is 7.05 Å². The van der Waals surface area contributed by atoms with E-state index in [-0.39, 0.29) is 12.1 Å². The number of ether oxygens (including phenoxy) is 1. The minimum Gasteiger partial charge on any atom is -0.480 e. The van der Waals surface area contributed by atoms with Crippen LogP contribution in [0.3, 0.4) is 0 Å². The first-order chi connectivity index (χ1) is 12.8. The Morgan fingerprint density at radius 1 is 1.25 bits per heavy atom. The van der Waals surface area contributed by atoms with E-state index in [9.17, 15) is 29.6 Å². The molecular formula is C18H25N3O7. The quantitative estimate of drug-likeness (QED) is 0.531. The van der Waals surface area contributed by atoms with Gasteiger partial charge < -0.3 is 15.2 Å². The molecule has 0 radical (unpaired) electrons. The molecule has 2 unspecified atom stereocenters. The van der Waals surface area contributed by atoms with Crippen LogP contribution in [0.1, 0.15) is 33.3 Å². The molecule has 0 saturated carbocycles. The van der Waals surface area contributed by atoms with Crippen LogP contribution in [0.4, 0.5) is 10.5 Å². The Balaban J connectivity index is 2.79. The first-order valence-corrected chi connectivity index (χ1v) is 8.54. The Hall–Kier alpha value is -3.17. The summed E-state index contributed by atoms with van der Waals surface area (Å²) in [5.41, 5.74) is -0.347. The van der Waals surface area contributed by atoms with Crippen molar-refractivity contribution in [3.8, 4) is 0 Å². The fourth-order valence-corrected chi connectivity index (χ4v) is 2.15. The van der Waals surface area contributed by atoms with Gasteiger partial charge in [-0.25, -0.2) is 9.59 Å². The van der Waals surface area contributed by atoms with Crippen LogP contribution in [0.5, 0.6) is 0 Å². The van der Waals surface area contributed by atoms with Crippen molar-refractivity contribution >= 4 is 23.7 Å². The van der Waals surface area contributed by atoms with Gasteiger partial charge in [-0.2, -0.15) is 0 Å². The van der Waals surface area contributed by atoms with E-state index in [2.05, 4.69) is 5.32 Å². The van der Waals surface area contributed by atoms with Gasteiger partial charge in [0.25, 0.3) is 5.69 Å². The number of nitrogens with one attached hydrogen (secondary N) is 1. The topological polar surface area (TPSA) is 139 Å². The average molecular weight is 395 g/mol. The smallest absolute Gasteiger partial charge is 0.410 e. The summed E-state index contributed by atoms with van der Waals surface area (Å²) in [4.78, 5) is 47.1. The van der Waals surface area contributed by atoms with Crippen LogP contribution < -0.4 is 5.32 Å². The van der Waals surface area contributed by atoms with Crippen molar-refractivity contribution in [1.82, 2.24) is 10.2 Å². The summed E-state index contributed by atoms with van der Waals surface area (Å²) in [6.07, 6.45) is -0.778. The summed E-state index contributed by atoms with van der Waals surface area (Å²) >= 11 is 0. The van der Waals surface area contributed by atoms with Crippen LogP contribution in [-0.2, 0) is 20.7 Å². The Labute approximate surface area is 162 Å². The summed E-state index contributed by atoms with van der Waals surface area (Å²) in [5, 5.41) is 22.4. The molecule has 0 aliphatic heterocycles. The highest BCUT2D eigenvalue weighted by Gasteiger charge is 2.29. The molecule has 10 nitrogen and oxygen atoms in total. The van der Waals surface area contributed by atoms with Crippen molar-refractivity contribution in [3.63, 3.8) is 0 Å². The highest BCUT2D eigenvalue weighted by Crippen LogP contribution is 2.14. The van der Waals surface area contributed by atoms with E-state index >= 15 is 0 Å². The number of carbonyl (C=O) groups excluding carboxylic acids is 2. The third-order valence-corrected chi connectivity index (χ3v) is 3.84. The van der Waals surface area contributed by atoms with Crippen LogP contribution in [-0.4, -0.2) is 57.6 Å². The zero-order valence-corrected chi connectivity index (χ0v) is 16.5. The van der Waals surface area contributed by atoms with E-state index in [0.717, 1.165) is 4.90 Å². The van der Waals surface area contributed by atoms with Crippen molar-refractivity contribution in [2.45, 2.75) is 51.8 Å². The minimum atomic E-state index is -1.26. The van der Waals surface area contributed by atoms with Gasteiger partial charge in [0.15, 0.2) is 0 Å². The maximum Gasteiger partial charge on any atom is 0.410 e. The second-order valence-corrected chi connectivity index (χ2v) is 7.29. The van der Waals surface area contributed by atoms with E-state index in [0.29, 0.717) is 5.56 Å². The molecule has 0 aromatic heterocycles. The molecule has 2 N–H and O–H groups in total. The number of aliphatic carboxylic acids is 1. The summed E-state index contributed by atoms with van der Waals surface area (Å²) in [7, 11) is 1.38.